The van der Waals surface area contributed by atoms with Crippen molar-refractivity contribution in [3.8, 4) is 0 Å². The molecule has 3 N–H and O–H groups in total. The average Bonchev–Trinajstić information content (AvgIpc) is 2.27. The van der Waals surface area contributed by atoms with Gasteiger partial charge in [0.1, 0.15) is 11.6 Å². The maximum Gasteiger partial charge on any atom is 0.131 e. The summed E-state index contributed by atoms with van der Waals surface area (Å²) < 4.78 is 25.9. The fraction of sp³-hybridized carbons (Fsp3) is 0.333. The molecule has 0 amide bonds. The van der Waals surface area contributed by atoms with Crippen molar-refractivity contribution >= 4 is 0 Å². The highest BCUT2D eigenvalue weighted by Crippen LogP contribution is 2.32. The van der Waals surface area contributed by atoms with Crippen molar-refractivity contribution in [1.29, 1.82) is 0 Å². The van der Waals surface area contributed by atoms with E-state index in [1.807, 2.05) is 0 Å². The minimum absolute atomic E-state index is 0.227. The summed E-state index contributed by atoms with van der Waals surface area (Å²) >= 11 is 0. The Balaban J connectivity index is 2.57. The van der Waals surface area contributed by atoms with Crippen LogP contribution < -0.4 is 5.73 Å². The number of hydrogen-bond donors (Lipinski definition) is 2. The van der Waals surface area contributed by atoms with Crippen LogP contribution in [0, 0.1) is 11.6 Å². The molecule has 70 valence electrons. The minimum atomic E-state index is -0.800. The summed E-state index contributed by atoms with van der Waals surface area (Å²) in [5.41, 5.74) is 6.24. The molecule has 2 atom stereocenters. The number of hydrogen-bond acceptors (Lipinski definition) is 2. The van der Waals surface area contributed by atoms with Crippen molar-refractivity contribution in [1.82, 2.24) is 0 Å². The van der Waals surface area contributed by atoms with Gasteiger partial charge in [-0.1, -0.05) is 0 Å². The normalized spacial score (nSPS) is 26.2. The average molecular weight is 185 g/mol. The van der Waals surface area contributed by atoms with Gasteiger partial charge in [0.15, 0.2) is 0 Å². The second-order valence-corrected chi connectivity index (χ2v) is 3.26. The number of aliphatic hydroxyl groups is 1. The maximum absolute atomic E-state index is 13.1. The number of nitrogens with two attached hydrogens (primary N) is 1. The Bertz CT molecular complexity index is 354. The van der Waals surface area contributed by atoms with E-state index in [1.54, 1.807) is 0 Å². The zero-order valence-corrected chi connectivity index (χ0v) is 6.80. The van der Waals surface area contributed by atoms with Crippen molar-refractivity contribution < 1.29 is 13.9 Å². The van der Waals surface area contributed by atoms with E-state index in [0.717, 1.165) is 6.07 Å². The quantitative estimate of drug-likeness (QED) is 0.630. The molecule has 2 unspecified atom stereocenters. The minimum Gasteiger partial charge on any atom is -0.391 e. The van der Waals surface area contributed by atoms with Crippen LogP contribution in [0.4, 0.5) is 8.78 Å². The van der Waals surface area contributed by atoms with Crippen LogP contribution >= 0.6 is 0 Å². The highest BCUT2D eigenvalue weighted by molar-refractivity contribution is 5.37. The summed E-state index contributed by atoms with van der Waals surface area (Å²) in [6.45, 7) is 0. The Labute approximate surface area is 74.0 Å². The molecular weight excluding hydrogens is 176 g/mol. The molecule has 1 aromatic carbocycles. The van der Waals surface area contributed by atoms with E-state index in [1.165, 1.54) is 6.07 Å². The molecule has 0 fully saturated rings. The molecule has 4 heteroatoms. The molecule has 2 nitrogen and oxygen atoms in total. The van der Waals surface area contributed by atoms with Crippen molar-refractivity contribution in [2.24, 2.45) is 5.73 Å². The second-order valence-electron chi connectivity index (χ2n) is 3.26. The molecule has 1 aromatic rings. The highest BCUT2D eigenvalue weighted by Gasteiger charge is 2.31. The predicted molar refractivity (Wildman–Crippen MR) is 43.0 cm³/mol. The van der Waals surface area contributed by atoms with Gasteiger partial charge in [0, 0.05) is 18.1 Å². The van der Waals surface area contributed by atoms with Crippen molar-refractivity contribution in [3.05, 3.63) is 34.9 Å². The summed E-state index contributed by atoms with van der Waals surface area (Å²) in [4.78, 5) is 0. The standard InChI is InChI=1S/C9H9F2NO/c10-5-1-4-2-7(13)9(12)8(4)6(11)3-5/h1,3,7,9,13H,2,12H2. The molecule has 0 heterocycles. The summed E-state index contributed by atoms with van der Waals surface area (Å²) in [6.07, 6.45) is -0.572. The highest BCUT2D eigenvalue weighted by atomic mass is 19.1. The van der Waals surface area contributed by atoms with Crippen LogP contribution in [0.2, 0.25) is 0 Å². The van der Waals surface area contributed by atoms with E-state index in [9.17, 15) is 13.9 Å². The van der Waals surface area contributed by atoms with Gasteiger partial charge in [-0.25, -0.2) is 8.78 Å². The Hall–Kier alpha value is -1.00. The molecule has 1 aliphatic rings. The van der Waals surface area contributed by atoms with Gasteiger partial charge in [-0.05, 0) is 11.6 Å². The zero-order chi connectivity index (χ0) is 9.59. The van der Waals surface area contributed by atoms with Crippen LogP contribution in [0.5, 0.6) is 0 Å². The Morgan fingerprint density at radius 1 is 1.38 bits per heavy atom. The first-order valence-corrected chi connectivity index (χ1v) is 4.01. The van der Waals surface area contributed by atoms with E-state index in [0.29, 0.717) is 5.56 Å². The number of benzene rings is 1. The van der Waals surface area contributed by atoms with Gasteiger partial charge in [0.25, 0.3) is 0 Å². The summed E-state index contributed by atoms with van der Waals surface area (Å²) in [6, 6.07) is 1.28. The smallest absolute Gasteiger partial charge is 0.131 e. The zero-order valence-electron chi connectivity index (χ0n) is 6.80. The van der Waals surface area contributed by atoms with Gasteiger partial charge in [-0.2, -0.15) is 0 Å². The molecule has 0 aromatic heterocycles. The summed E-state index contributed by atoms with van der Waals surface area (Å²) in [7, 11) is 0. The Kier molecular flexibility index (Phi) is 1.82. The van der Waals surface area contributed by atoms with E-state index >= 15 is 0 Å². The lowest BCUT2D eigenvalue weighted by Crippen LogP contribution is -2.21. The third-order valence-corrected chi connectivity index (χ3v) is 2.36. The molecular formula is C9H9F2NO. The second kappa shape index (κ2) is 2.75. The van der Waals surface area contributed by atoms with Crippen LogP contribution in [-0.2, 0) is 6.42 Å². The van der Waals surface area contributed by atoms with Crippen LogP contribution in [0.3, 0.4) is 0 Å². The van der Waals surface area contributed by atoms with Crippen molar-refractivity contribution in [3.63, 3.8) is 0 Å². The maximum atomic E-state index is 13.1. The molecule has 0 bridgehead atoms. The first-order chi connectivity index (χ1) is 6.09. The SMILES string of the molecule is NC1c2c(F)cc(F)cc2CC1O. The van der Waals surface area contributed by atoms with Gasteiger partial charge >= 0.3 is 0 Å². The topological polar surface area (TPSA) is 46.2 Å². The van der Waals surface area contributed by atoms with Crippen LogP contribution in [0.1, 0.15) is 17.2 Å². The van der Waals surface area contributed by atoms with Crippen LogP contribution in [0.25, 0.3) is 0 Å². The third-order valence-electron chi connectivity index (χ3n) is 2.36. The monoisotopic (exact) mass is 185 g/mol. The number of aliphatic hydroxyl groups excluding tert-OH is 1. The van der Waals surface area contributed by atoms with Gasteiger partial charge in [0.2, 0.25) is 0 Å². The van der Waals surface area contributed by atoms with Crippen molar-refractivity contribution in [2.45, 2.75) is 18.6 Å². The molecule has 2 rings (SSSR count). The first kappa shape index (κ1) is 8.59. The Morgan fingerprint density at radius 2 is 2.08 bits per heavy atom. The fourth-order valence-electron chi connectivity index (χ4n) is 1.72. The van der Waals surface area contributed by atoms with E-state index in [2.05, 4.69) is 0 Å². The molecule has 0 saturated heterocycles. The van der Waals surface area contributed by atoms with Crippen LogP contribution in [-0.4, -0.2) is 11.2 Å². The van der Waals surface area contributed by atoms with Gasteiger partial charge in [0.05, 0.1) is 12.1 Å². The molecule has 0 radical (unpaired) electrons. The molecule has 0 saturated carbocycles. The molecule has 0 spiro atoms. The summed E-state index contributed by atoms with van der Waals surface area (Å²) in [5.74, 6) is -1.29. The van der Waals surface area contributed by atoms with Gasteiger partial charge < -0.3 is 10.8 Å². The van der Waals surface area contributed by atoms with E-state index in [-0.39, 0.29) is 12.0 Å². The molecule has 13 heavy (non-hydrogen) atoms. The lowest BCUT2D eigenvalue weighted by atomic mass is 10.1. The van der Waals surface area contributed by atoms with Crippen molar-refractivity contribution in [2.75, 3.05) is 0 Å². The number of rotatable bonds is 0. The largest absolute Gasteiger partial charge is 0.391 e. The predicted octanol–water partition coefficient (Wildman–Crippen LogP) is 0.882. The van der Waals surface area contributed by atoms with E-state index < -0.39 is 23.8 Å². The van der Waals surface area contributed by atoms with Crippen LogP contribution in [0.15, 0.2) is 12.1 Å². The number of fused-ring (bicyclic) bond motifs is 1. The van der Waals surface area contributed by atoms with E-state index in [4.69, 9.17) is 5.73 Å². The van der Waals surface area contributed by atoms with Gasteiger partial charge in [-0.15, -0.1) is 0 Å². The lowest BCUT2D eigenvalue weighted by Gasteiger charge is -2.09. The lowest BCUT2D eigenvalue weighted by molar-refractivity contribution is 0.157. The third kappa shape index (κ3) is 1.22. The Morgan fingerprint density at radius 3 is 2.77 bits per heavy atom. The summed E-state index contributed by atoms with van der Waals surface area (Å²) in [5, 5.41) is 9.32. The fourth-order valence-corrected chi connectivity index (χ4v) is 1.72. The van der Waals surface area contributed by atoms with Gasteiger partial charge in [-0.3, -0.25) is 0 Å². The number of halogens is 2. The molecule has 0 aliphatic heterocycles. The molecule has 1 aliphatic carbocycles. The first-order valence-electron chi connectivity index (χ1n) is 4.01.